The van der Waals surface area contributed by atoms with Crippen LogP contribution in [0.1, 0.15) is 13.3 Å². The van der Waals surface area contributed by atoms with Crippen LogP contribution in [0.2, 0.25) is 0 Å². The second-order valence-electron chi connectivity index (χ2n) is 2.99. The van der Waals surface area contributed by atoms with Crippen LogP contribution in [0.5, 0.6) is 0 Å². The Morgan fingerprint density at radius 3 is 3.00 bits per heavy atom. The van der Waals surface area contributed by atoms with E-state index in [0.717, 1.165) is 11.0 Å². The van der Waals surface area contributed by atoms with Crippen LogP contribution in [-0.2, 0) is 0 Å². The number of hydrogen-bond acceptors (Lipinski definition) is 2. The molecule has 1 rings (SSSR count). The fourth-order valence-electron chi connectivity index (χ4n) is 1.15. The Balaban J connectivity index is 2.18. The first kappa shape index (κ1) is 11.9. The maximum absolute atomic E-state index is 3.45. The Kier molecular flexibility index (Phi) is 6.12. The monoisotopic (exact) mass is 273 g/mol. The fraction of sp³-hybridized carbons (Fsp3) is 0.455. The maximum Gasteiger partial charge on any atom is 0.0351 e. The van der Waals surface area contributed by atoms with Crippen LogP contribution in [0.4, 0.5) is 5.69 Å². The fourth-order valence-corrected chi connectivity index (χ4v) is 2.19. The van der Waals surface area contributed by atoms with Crippen molar-refractivity contribution < 1.29 is 0 Å². The summed E-state index contributed by atoms with van der Waals surface area (Å²) < 4.78 is 1.13. The third-order valence-electron chi connectivity index (χ3n) is 1.82. The highest BCUT2D eigenvalue weighted by atomic mass is 79.9. The Hall–Kier alpha value is -0.150. The molecule has 14 heavy (non-hydrogen) atoms. The van der Waals surface area contributed by atoms with Crippen molar-refractivity contribution >= 4 is 33.4 Å². The summed E-state index contributed by atoms with van der Waals surface area (Å²) in [4.78, 5) is 0. The van der Waals surface area contributed by atoms with Crippen molar-refractivity contribution in [2.45, 2.75) is 13.3 Å². The molecule has 1 aromatic carbocycles. The molecule has 0 unspecified atom stereocenters. The van der Waals surface area contributed by atoms with Gasteiger partial charge in [-0.15, -0.1) is 0 Å². The highest BCUT2D eigenvalue weighted by Crippen LogP contribution is 2.15. The molecule has 78 valence electrons. The molecule has 0 saturated carbocycles. The van der Waals surface area contributed by atoms with Gasteiger partial charge in [0.15, 0.2) is 0 Å². The van der Waals surface area contributed by atoms with Gasteiger partial charge in [-0.25, -0.2) is 0 Å². The van der Waals surface area contributed by atoms with Gasteiger partial charge in [0, 0.05) is 16.7 Å². The van der Waals surface area contributed by atoms with Gasteiger partial charge in [-0.1, -0.05) is 28.9 Å². The lowest BCUT2D eigenvalue weighted by Crippen LogP contribution is -2.02. The minimum atomic E-state index is 1.06. The van der Waals surface area contributed by atoms with E-state index in [4.69, 9.17) is 0 Å². The summed E-state index contributed by atoms with van der Waals surface area (Å²) in [5, 5.41) is 3.40. The molecule has 0 saturated heterocycles. The summed E-state index contributed by atoms with van der Waals surface area (Å²) in [6.45, 7) is 3.26. The number of rotatable bonds is 6. The van der Waals surface area contributed by atoms with Gasteiger partial charge in [0.05, 0.1) is 0 Å². The lowest BCUT2D eigenvalue weighted by Gasteiger charge is -2.05. The second kappa shape index (κ2) is 7.18. The SMILES string of the molecule is CCSCCCNc1cccc(Br)c1. The molecular weight excluding hydrogens is 258 g/mol. The van der Waals surface area contributed by atoms with Crippen molar-refractivity contribution in [2.75, 3.05) is 23.4 Å². The molecule has 0 atom stereocenters. The topological polar surface area (TPSA) is 12.0 Å². The van der Waals surface area contributed by atoms with E-state index in [0.29, 0.717) is 0 Å². The zero-order valence-electron chi connectivity index (χ0n) is 8.42. The van der Waals surface area contributed by atoms with Crippen LogP contribution in [0, 0.1) is 0 Å². The molecule has 1 aromatic rings. The van der Waals surface area contributed by atoms with E-state index in [-0.39, 0.29) is 0 Å². The molecule has 0 spiro atoms. The van der Waals surface area contributed by atoms with Crippen LogP contribution in [0.15, 0.2) is 28.7 Å². The normalized spacial score (nSPS) is 10.1. The second-order valence-corrected chi connectivity index (χ2v) is 5.30. The van der Waals surface area contributed by atoms with E-state index < -0.39 is 0 Å². The number of nitrogens with one attached hydrogen (secondary N) is 1. The third kappa shape index (κ3) is 4.91. The molecule has 0 aliphatic heterocycles. The summed E-state index contributed by atoms with van der Waals surface area (Å²) >= 11 is 5.45. The van der Waals surface area contributed by atoms with E-state index in [2.05, 4.69) is 40.3 Å². The average molecular weight is 274 g/mol. The van der Waals surface area contributed by atoms with Crippen molar-refractivity contribution in [1.29, 1.82) is 0 Å². The minimum Gasteiger partial charge on any atom is -0.385 e. The van der Waals surface area contributed by atoms with Crippen molar-refractivity contribution in [3.8, 4) is 0 Å². The van der Waals surface area contributed by atoms with Crippen molar-refractivity contribution in [2.24, 2.45) is 0 Å². The lowest BCUT2D eigenvalue weighted by molar-refractivity contribution is 0.992. The number of hydrogen-bond donors (Lipinski definition) is 1. The van der Waals surface area contributed by atoms with E-state index in [1.54, 1.807) is 0 Å². The first-order chi connectivity index (χ1) is 6.83. The largest absolute Gasteiger partial charge is 0.385 e. The maximum atomic E-state index is 3.45. The van der Waals surface area contributed by atoms with Gasteiger partial charge >= 0.3 is 0 Å². The van der Waals surface area contributed by atoms with Crippen LogP contribution < -0.4 is 5.32 Å². The van der Waals surface area contributed by atoms with Crippen LogP contribution in [0.25, 0.3) is 0 Å². The predicted octanol–water partition coefficient (Wildman–Crippen LogP) is 4.00. The number of thioether (sulfide) groups is 1. The van der Waals surface area contributed by atoms with Gasteiger partial charge in [0.2, 0.25) is 0 Å². The van der Waals surface area contributed by atoms with Gasteiger partial charge in [-0.3, -0.25) is 0 Å². The molecule has 0 radical (unpaired) electrons. The molecule has 0 bridgehead atoms. The van der Waals surface area contributed by atoms with Gasteiger partial charge < -0.3 is 5.32 Å². The van der Waals surface area contributed by atoms with Crippen LogP contribution >= 0.6 is 27.7 Å². The Morgan fingerprint density at radius 1 is 1.43 bits per heavy atom. The number of benzene rings is 1. The molecule has 0 aromatic heterocycles. The first-order valence-corrected chi connectivity index (χ1v) is 6.85. The van der Waals surface area contributed by atoms with Crippen LogP contribution in [0.3, 0.4) is 0 Å². The van der Waals surface area contributed by atoms with Crippen molar-refractivity contribution in [1.82, 2.24) is 0 Å². The Morgan fingerprint density at radius 2 is 2.29 bits per heavy atom. The highest BCUT2D eigenvalue weighted by molar-refractivity contribution is 9.10. The molecule has 3 heteroatoms. The molecule has 0 aliphatic rings. The van der Waals surface area contributed by atoms with Crippen molar-refractivity contribution in [3.63, 3.8) is 0 Å². The zero-order valence-corrected chi connectivity index (χ0v) is 10.8. The molecular formula is C11H16BrNS. The van der Waals surface area contributed by atoms with E-state index in [1.807, 2.05) is 23.9 Å². The zero-order chi connectivity index (χ0) is 10.2. The standard InChI is InChI=1S/C11H16BrNS/c1-2-14-8-4-7-13-11-6-3-5-10(12)9-11/h3,5-6,9,13H,2,4,7-8H2,1H3. The lowest BCUT2D eigenvalue weighted by atomic mass is 10.3. The summed E-state index contributed by atoms with van der Waals surface area (Å²) in [6, 6.07) is 8.29. The van der Waals surface area contributed by atoms with Gasteiger partial charge in [-0.05, 0) is 36.1 Å². The molecule has 0 aliphatic carbocycles. The highest BCUT2D eigenvalue weighted by Gasteiger charge is 1.92. The third-order valence-corrected chi connectivity index (χ3v) is 3.30. The summed E-state index contributed by atoms with van der Waals surface area (Å²) in [6.07, 6.45) is 1.23. The molecule has 0 amide bonds. The van der Waals surface area contributed by atoms with Crippen LogP contribution in [-0.4, -0.2) is 18.1 Å². The first-order valence-electron chi connectivity index (χ1n) is 4.90. The van der Waals surface area contributed by atoms with Crippen molar-refractivity contribution in [3.05, 3.63) is 28.7 Å². The number of anilines is 1. The molecule has 1 nitrogen and oxygen atoms in total. The minimum absolute atomic E-state index is 1.06. The summed E-state index contributed by atoms with van der Waals surface area (Å²) in [5.74, 6) is 2.47. The quantitative estimate of drug-likeness (QED) is 0.787. The smallest absolute Gasteiger partial charge is 0.0351 e. The summed E-state index contributed by atoms with van der Waals surface area (Å²) in [7, 11) is 0. The molecule has 0 heterocycles. The molecule has 1 N–H and O–H groups in total. The van der Waals surface area contributed by atoms with Gasteiger partial charge in [-0.2, -0.15) is 11.8 Å². The predicted molar refractivity (Wildman–Crippen MR) is 70.2 cm³/mol. The molecule has 0 fully saturated rings. The van der Waals surface area contributed by atoms with Gasteiger partial charge in [0.25, 0.3) is 0 Å². The van der Waals surface area contributed by atoms with Gasteiger partial charge in [0.1, 0.15) is 0 Å². The summed E-state index contributed by atoms with van der Waals surface area (Å²) in [5.41, 5.74) is 1.20. The average Bonchev–Trinajstić information content (AvgIpc) is 2.18. The van der Waals surface area contributed by atoms with E-state index >= 15 is 0 Å². The number of halogens is 1. The van der Waals surface area contributed by atoms with E-state index in [1.165, 1.54) is 23.6 Å². The Labute approximate surface area is 98.8 Å². The van der Waals surface area contributed by atoms with E-state index in [9.17, 15) is 0 Å². The Bertz CT molecular complexity index is 265.